The number of nitrogens with zero attached hydrogens (tertiary/aromatic N) is 3. The van der Waals surface area contributed by atoms with Gasteiger partial charge in [-0.2, -0.15) is 0 Å². The van der Waals surface area contributed by atoms with Crippen molar-refractivity contribution < 1.29 is 22.7 Å². The highest BCUT2D eigenvalue weighted by Crippen LogP contribution is 2.28. The van der Waals surface area contributed by atoms with Crippen LogP contribution >= 0.6 is 46.4 Å². The van der Waals surface area contributed by atoms with Crippen molar-refractivity contribution in [2.45, 2.75) is 6.36 Å². The number of hydrazone groups is 1. The Morgan fingerprint density at radius 3 is 2.00 bits per heavy atom. The molecule has 0 spiro atoms. The minimum Gasteiger partial charge on any atom is -0.406 e. The van der Waals surface area contributed by atoms with Crippen LogP contribution < -0.4 is 15.5 Å². The van der Waals surface area contributed by atoms with Crippen molar-refractivity contribution in [3.05, 3.63) is 80.8 Å². The predicted molar refractivity (Wildman–Crippen MR) is 130 cm³/mol. The van der Waals surface area contributed by atoms with Crippen molar-refractivity contribution in [3.63, 3.8) is 0 Å². The van der Waals surface area contributed by atoms with Crippen molar-refractivity contribution >= 4 is 75.2 Å². The van der Waals surface area contributed by atoms with Crippen LogP contribution in [0.5, 0.6) is 5.75 Å². The number of anilines is 2. The van der Waals surface area contributed by atoms with Crippen molar-refractivity contribution in [2.24, 2.45) is 15.3 Å². The van der Waals surface area contributed by atoms with Crippen LogP contribution in [-0.4, -0.2) is 18.1 Å². The quantitative estimate of drug-likeness (QED) is 0.141. The van der Waals surface area contributed by atoms with E-state index in [-0.39, 0.29) is 21.4 Å². The molecule has 7 nitrogen and oxygen atoms in total. The Morgan fingerprint density at radius 2 is 1.40 bits per heavy atom. The average molecular weight is 565 g/mol. The second-order valence-electron chi connectivity index (χ2n) is 6.50. The molecule has 3 aromatic carbocycles. The van der Waals surface area contributed by atoms with Gasteiger partial charge in [0.2, 0.25) is 0 Å². The van der Waals surface area contributed by atoms with Crippen molar-refractivity contribution in [3.8, 4) is 5.75 Å². The van der Waals surface area contributed by atoms with E-state index < -0.39 is 23.9 Å². The molecule has 35 heavy (non-hydrogen) atoms. The molecule has 182 valence electrons. The number of hydrogen-bond acceptors (Lipinski definition) is 5. The summed E-state index contributed by atoms with van der Waals surface area (Å²) >= 11 is 23.7. The Balaban J connectivity index is 1.82. The van der Waals surface area contributed by atoms with Crippen molar-refractivity contribution in [1.82, 2.24) is 0 Å². The van der Waals surface area contributed by atoms with Crippen molar-refractivity contribution in [2.75, 3.05) is 10.7 Å². The number of amides is 1. The molecule has 0 unspecified atom stereocenters. The summed E-state index contributed by atoms with van der Waals surface area (Å²) in [5, 5.41) is 15.3. The molecule has 3 aromatic rings. The van der Waals surface area contributed by atoms with E-state index in [1.807, 2.05) is 0 Å². The Kier molecular flexibility index (Phi) is 8.79. The molecule has 0 heterocycles. The summed E-state index contributed by atoms with van der Waals surface area (Å²) < 4.78 is 40.8. The first-order chi connectivity index (χ1) is 16.5. The van der Waals surface area contributed by atoms with Gasteiger partial charge in [0.05, 0.1) is 31.5 Å². The number of halogens is 7. The topological polar surface area (TPSA) is 87.4 Å². The third-order valence-electron chi connectivity index (χ3n) is 3.92. The van der Waals surface area contributed by atoms with Crippen LogP contribution in [0.25, 0.3) is 0 Å². The number of benzene rings is 3. The smallest absolute Gasteiger partial charge is 0.406 e. The fraction of sp³-hybridized carbons (Fsp3) is 0.0476. The van der Waals surface area contributed by atoms with Crippen LogP contribution in [0.15, 0.2) is 76.0 Å². The lowest BCUT2D eigenvalue weighted by atomic mass is 10.3. The Morgan fingerprint density at radius 1 is 0.800 bits per heavy atom. The summed E-state index contributed by atoms with van der Waals surface area (Å²) in [7, 11) is 0. The molecule has 0 bridgehead atoms. The monoisotopic (exact) mass is 563 g/mol. The number of alkyl halides is 3. The summed E-state index contributed by atoms with van der Waals surface area (Å²) in [5.74, 6) is -1.71. The van der Waals surface area contributed by atoms with Gasteiger partial charge in [-0.15, -0.1) is 28.5 Å². The zero-order valence-corrected chi connectivity index (χ0v) is 20.1. The third kappa shape index (κ3) is 8.29. The minimum atomic E-state index is -4.84. The molecule has 0 saturated carbocycles. The van der Waals surface area contributed by atoms with Crippen molar-refractivity contribution in [1.29, 1.82) is 0 Å². The number of carbonyl (C=O) groups is 1. The molecule has 14 heteroatoms. The van der Waals surface area contributed by atoms with E-state index in [1.165, 1.54) is 42.5 Å². The molecule has 3 rings (SSSR count). The molecule has 2 N–H and O–H groups in total. The van der Waals surface area contributed by atoms with E-state index in [0.29, 0.717) is 15.7 Å². The van der Waals surface area contributed by atoms with Gasteiger partial charge in [-0.3, -0.25) is 10.2 Å². The highest BCUT2D eigenvalue weighted by molar-refractivity contribution is 6.43. The normalized spacial score (nSPS) is 12.0. The van der Waals surface area contributed by atoms with Gasteiger partial charge in [0.25, 0.3) is 11.7 Å². The first-order valence-corrected chi connectivity index (χ1v) is 10.8. The van der Waals surface area contributed by atoms with E-state index in [1.54, 1.807) is 6.07 Å². The fourth-order valence-corrected chi connectivity index (χ4v) is 2.97. The number of amidine groups is 1. The van der Waals surface area contributed by atoms with Gasteiger partial charge in [-0.1, -0.05) is 46.4 Å². The van der Waals surface area contributed by atoms with E-state index in [2.05, 4.69) is 30.8 Å². The van der Waals surface area contributed by atoms with Crippen LogP contribution in [0.4, 0.5) is 30.2 Å². The molecule has 0 aliphatic heterocycles. The lowest BCUT2D eigenvalue weighted by molar-refractivity contribution is -0.274. The van der Waals surface area contributed by atoms with Gasteiger partial charge >= 0.3 is 6.36 Å². The zero-order chi connectivity index (χ0) is 25.6. The highest BCUT2D eigenvalue weighted by Gasteiger charge is 2.31. The van der Waals surface area contributed by atoms with Gasteiger partial charge in [0.1, 0.15) is 5.75 Å². The molecule has 0 aromatic heterocycles. The van der Waals surface area contributed by atoms with Gasteiger partial charge in [-0.25, -0.2) is 0 Å². The first kappa shape index (κ1) is 26.6. The molecule has 0 fully saturated rings. The lowest BCUT2D eigenvalue weighted by Crippen LogP contribution is -2.22. The molecule has 0 aliphatic rings. The maximum atomic E-state index is 12.8. The number of rotatable bonds is 5. The molecule has 0 atom stereocenters. The average Bonchev–Trinajstić information content (AvgIpc) is 2.78. The number of azo groups is 1. The molecule has 1 amide bonds. The Labute approximate surface area is 216 Å². The molecule has 0 aliphatic carbocycles. The van der Waals surface area contributed by atoms with Crippen LogP contribution in [0.3, 0.4) is 0 Å². The predicted octanol–water partition coefficient (Wildman–Crippen LogP) is 8.35. The highest BCUT2D eigenvalue weighted by atomic mass is 35.5. The van der Waals surface area contributed by atoms with Gasteiger partial charge in [0, 0.05) is 5.69 Å². The molecular formula is C21H12Cl4F3N5O2. The SMILES string of the molecule is O=C(Nc1ccc(OC(F)(F)F)cc1)C(N=Nc1ccc(Cl)c(Cl)c1)=NNc1ccc(Cl)c(Cl)c1. The standard InChI is InChI=1S/C21H12Cl4F3N5O2/c22-15-7-3-12(9-17(15)24)30-32-19(33-31-13-4-8-16(23)18(25)10-13)20(34)29-11-1-5-14(6-2-11)35-21(26,27)28/h1-10,30H,(H,29,34). The van der Waals surface area contributed by atoms with Crippen LogP contribution in [0.1, 0.15) is 0 Å². The van der Waals surface area contributed by atoms with Crippen LogP contribution in [-0.2, 0) is 4.79 Å². The molecule has 0 radical (unpaired) electrons. The maximum absolute atomic E-state index is 12.8. The number of nitrogens with one attached hydrogen (secondary N) is 2. The van der Waals surface area contributed by atoms with E-state index in [0.717, 1.165) is 12.1 Å². The van der Waals surface area contributed by atoms with Gasteiger partial charge < -0.3 is 10.1 Å². The Bertz CT molecular complexity index is 1280. The summed E-state index contributed by atoms with van der Waals surface area (Å²) in [6.45, 7) is 0. The van der Waals surface area contributed by atoms with E-state index in [9.17, 15) is 18.0 Å². The fourth-order valence-electron chi connectivity index (χ4n) is 2.38. The summed E-state index contributed by atoms with van der Waals surface area (Å²) in [4.78, 5) is 12.8. The van der Waals surface area contributed by atoms with Crippen LogP contribution in [0.2, 0.25) is 20.1 Å². The largest absolute Gasteiger partial charge is 0.573 e. The second-order valence-corrected chi connectivity index (χ2v) is 8.13. The number of hydrogen-bond donors (Lipinski definition) is 2. The molecular weight excluding hydrogens is 553 g/mol. The second kappa shape index (κ2) is 11.6. The van der Waals surface area contributed by atoms with Crippen LogP contribution in [0, 0.1) is 0 Å². The first-order valence-electron chi connectivity index (χ1n) is 9.33. The number of ether oxygens (including phenoxy) is 1. The Hall–Kier alpha value is -3.05. The number of carbonyl (C=O) groups excluding carboxylic acids is 1. The third-order valence-corrected chi connectivity index (χ3v) is 5.40. The zero-order valence-electron chi connectivity index (χ0n) is 17.1. The molecule has 0 saturated heterocycles. The van der Waals surface area contributed by atoms with Gasteiger partial charge in [0.15, 0.2) is 0 Å². The van der Waals surface area contributed by atoms with E-state index >= 15 is 0 Å². The summed E-state index contributed by atoms with van der Waals surface area (Å²) in [5.41, 5.74) is 3.43. The summed E-state index contributed by atoms with van der Waals surface area (Å²) in [6, 6.07) is 13.5. The lowest BCUT2D eigenvalue weighted by Gasteiger charge is -2.10. The summed E-state index contributed by atoms with van der Waals surface area (Å²) in [6.07, 6.45) is -4.84. The van der Waals surface area contributed by atoms with Gasteiger partial charge in [-0.05, 0) is 60.7 Å². The maximum Gasteiger partial charge on any atom is 0.573 e. The minimum absolute atomic E-state index is 0.150. The van der Waals surface area contributed by atoms with E-state index in [4.69, 9.17) is 46.4 Å².